The number of halogens is 1. The molecule has 0 unspecified atom stereocenters. The van der Waals surface area contributed by atoms with Gasteiger partial charge in [0.2, 0.25) is 0 Å². The lowest BCUT2D eigenvalue weighted by Gasteiger charge is -2.07. The highest BCUT2D eigenvalue weighted by atomic mass is 79.9. The van der Waals surface area contributed by atoms with Crippen molar-refractivity contribution in [1.82, 2.24) is 4.98 Å². The van der Waals surface area contributed by atoms with Crippen LogP contribution in [-0.4, -0.2) is 24.7 Å². The van der Waals surface area contributed by atoms with Crippen LogP contribution in [-0.2, 0) is 11.2 Å². The van der Waals surface area contributed by atoms with Crippen molar-refractivity contribution in [3.8, 4) is 5.75 Å². The molecule has 0 aliphatic carbocycles. The van der Waals surface area contributed by atoms with Gasteiger partial charge in [0.1, 0.15) is 5.75 Å². The van der Waals surface area contributed by atoms with Gasteiger partial charge >= 0.3 is 5.97 Å². The highest BCUT2D eigenvalue weighted by Gasteiger charge is 2.05. The number of methoxy groups -OCH3 is 1. The Hall–Kier alpha value is -1.88. The van der Waals surface area contributed by atoms with Crippen molar-refractivity contribution in [2.24, 2.45) is 0 Å². The fraction of sp³-hybridized carbons (Fsp3) is 0.200. The molecule has 20 heavy (non-hydrogen) atoms. The zero-order valence-electron chi connectivity index (χ0n) is 11.0. The standard InChI is InChI=1S/C15H14BrNO3/c1-19-15(18)11-4-6-12(7-5-11)20-10-8-14-13(16)3-2-9-17-14/h2-7,9H,8,10H2,1H3. The third-order valence-electron chi connectivity index (χ3n) is 2.72. The van der Waals surface area contributed by atoms with E-state index in [0.717, 1.165) is 10.2 Å². The minimum Gasteiger partial charge on any atom is -0.493 e. The summed E-state index contributed by atoms with van der Waals surface area (Å²) in [6.07, 6.45) is 2.46. The summed E-state index contributed by atoms with van der Waals surface area (Å²) in [4.78, 5) is 15.6. The van der Waals surface area contributed by atoms with Crippen LogP contribution in [0.4, 0.5) is 0 Å². The zero-order valence-corrected chi connectivity index (χ0v) is 12.6. The molecule has 0 fully saturated rings. The van der Waals surface area contributed by atoms with Crippen LogP contribution in [0.15, 0.2) is 47.1 Å². The average Bonchev–Trinajstić information content (AvgIpc) is 2.49. The van der Waals surface area contributed by atoms with E-state index in [9.17, 15) is 4.79 Å². The van der Waals surface area contributed by atoms with Crippen molar-refractivity contribution in [2.45, 2.75) is 6.42 Å². The van der Waals surface area contributed by atoms with Gasteiger partial charge in [0.15, 0.2) is 0 Å². The van der Waals surface area contributed by atoms with Gasteiger partial charge in [0.05, 0.1) is 25.0 Å². The van der Waals surface area contributed by atoms with Gasteiger partial charge in [-0.15, -0.1) is 0 Å². The van der Waals surface area contributed by atoms with Crippen molar-refractivity contribution >= 4 is 21.9 Å². The maximum atomic E-state index is 11.3. The predicted octanol–water partition coefficient (Wildman–Crippen LogP) is 3.25. The largest absolute Gasteiger partial charge is 0.493 e. The van der Waals surface area contributed by atoms with Crippen LogP contribution < -0.4 is 4.74 Å². The Bertz CT molecular complexity index is 584. The lowest BCUT2D eigenvalue weighted by atomic mass is 10.2. The van der Waals surface area contributed by atoms with E-state index in [-0.39, 0.29) is 5.97 Å². The van der Waals surface area contributed by atoms with Crippen LogP contribution in [0.2, 0.25) is 0 Å². The number of benzene rings is 1. The second kappa shape index (κ2) is 7.05. The van der Waals surface area contributed by atoms with Gasteiger partial charge in [-0.2, -0.15) is 0 Å². The quantitative estimate of drug-likeness (QED) is 0.787. The highest BCUT2D eigenvalue weighted by Crippen LogP contribution is 2.16. The molecule has 0 atom stereocenters. The van der Waals surface area contributed by atoms with Gasteiger partial charge in [0.25, 0.3) is 0 Å². The maximum absolute atomic E-state index is 11.3. The van der Waals surface area contributed by atoms with Gasteiger partial charge in [-0.25, -0.2) is 4.79 Å². The molecule has 0 spiro atoms. The highest BCUT2D eigenvalue weighted by molar-refractivity contribution is 9.10. The van der Waals surface area contributed by atoms with Crippen LogP contribution in [0.1, 0.15) is 16.1 Å². The van der Waals surface area contributed by atoms with Crippen LogP contribution in [0, 0.1) is 0 Å². The fourth-order valence-electron chi connectivity index (χ4n) is 1.67. The Labute approximate surface area is 125 Å². The van der Waals surface area contributed by atoms with E-state index in [1.807, 2.05) is 12.1 Å². The van der Waals surface area contributed by atoms with Crippen molar-refractivity contribution < 1.29 is 14.3 Å². The number of aromatic nitrogens is 1. The minimum absolute atomic E-state index is 0.353. The molecule has 0 bridgehead atoms. The Morgan fingerprint density at radius 1 is 1.25 bits per heavy atom. The number of esters is 1. The number of carbonyl (C=O) groups is 1. The number of carbonyl (C=O) groups excluding carboxylic acids is 1. The summed E-state index contributed by atoms with van der Waals surface area (Å²) in [5.74, 6) is 0.360. The number of nitrogens with zero attached hydrogens (tertiary/aromatic N) is 1. The van der Waals surface area contributed by atoms with Crippen LogP contribution in [0.3, 0.4) is 0 Å². The Balaban J connectivity index is 1.88. The number of hydrogen-bond acceptors (Lipinski definition) is 4. The van der Waals surface area contributed by atoms with Crippen LogP contribution in [0.25, 0.3) is 0 Å². The summed E-state index contributed by atoms with van der Waals surface area (Å²) in [5, 5.41) is 0. The molecule has 0 aliphatic heterocycles. The van der Waals surface area contributed by atoms with Gasteiger partial charge in [-0.3, -0.25) is 4.98 Å². The number of ether oxygens (including phenoxy) is 2. The molecule has 5 heteroatoms. The molecule has 0 amide bonds. The molecule has 0 N–H and O–H groups in total. The van der Waals surface area contributed by atoms with Crippen LogP contribution in [0.5, 0.6) is 5.75 Å². The molecule has 4 nitrogen and oxygen atoms in total. The van der Waals surface area contributed by atoms with Crippen molar-refractivity contribution in [3.63, 3.8) is 0 Å². The van der Waals surface area contributed by atoms with Crippen molar-refractivity contribution in [1.29, 1.82) is 0 Å². The molecule has 1 aromatic carbocycles. The minimum atomic E-state index is -0.353. The van der Waals surface area contributed by atoms with Crippen molar-refractivity contribution in [2.75, 3.05) is 13.7 Å². The average molecular weight is 336 g/mol. The first-order chi connectivity index (χ1) is 9.70. The van der Waals surface area contributed by atoms with E-state index in [1.54, 1.807) is 30.5 Å². The zero-order chi connectivity index (χ0) is 14.4. The van der Waals surface area contributed by atoms with E-state index in [0.29, 0.717) is 24.3 Å². The Morgan fingerprint density at radius 3 is 2.65 bits per heavy atom. The molecule has 1 heterocycles. The third-order valence-corrected chi connectivity index (χ3v) is 3.44. The molecule has 0 aliphatic rings. The first-order valence-corrected chi connectivity index (χ1v) is 6.90. The Morgan fingerprint density at radius 2 is 2.00 bits per heavy atom. The van der Waals surface area contributed by atoms with Crippen molar-refractivity contribution in [3.05, 3.63) is 58.3 Å². The maximum Gasteiger partial charge on any atom is 0.337 e. The number of rotatable bonds is 5. The van der Waals surface area contributed by atoms with E-state index < -0.39 is 0 Å². The third kappa shape index (κ3) is 3.81. The molecular formula is C15H14BrNO3. The molecule has 0 radical (unpaired) electrons. The molecule has 104 valence electrons. The van der Waals surface area contributed by atoms with E-state index in [2.05, 4.69) is 25.7 Å². The molecule has 0 saturated heterocycles. The lowest BCUT2D eigenvalue weighted by Crippen LogP contribution is -2.04. The summed E-state index contributed by atoms with van der Waals surface area (Å²) >= 11 is 3.45. The molecule has 2 rings (SSSR count). The molecular weight excluding hydrogens is 322 g/mol. The van der Waals surface area contributed by atoms with Gasteiger partial charge in [-0.05, 0) is 52.3 Å². The number of pyridine rings is 1. The van der Waals surface area contributed by atoms with Gasteiger partial charge in [0, 0.05) is 17.1 Å². The topological polar surface area (TPSA) is 48.4 Å². The second-order valence-corrected chi connectivity index (χ2v) is 4.90. The molecule has 2 aromatic rings. The SMILES string of the molecule is COC(=O)c1ccc(OCCc2ncccc2Br)cc1. The predicted molar refractivity (Wildman–Crippen MR) is 78.9 cm³/mol. The fourth-order valence-corrected chi connectivity index (χ4v) is 2.13. The number of hydrogen-bond donors (Lipinski definition) is 0. The first-order valence-electron chi connectivity index (χ1n) is 6.11. The van der Waals surface area contributed by atoms with E-state index >= 15 is 0 Å². The molecule has 1 aromatic heterocycles. The first kappa shape index (κ1) is 14.5. The molecule has 0 saturated carbocycles. The Kier molecular flexibility index (Phi) is 5.12. The summed E-state index contributed by atoms with van der Waals surface area (Å²) in [7, 11) is 1.36. The normalized spacial score (nSPS) is 10.1. The van der Waals surface area contributed by atoms with Gasteiger partial charge in [-0.1, -0.05) is 0 Å². The monoisotopic (exact) mass is 335 g/mol. The smallest absolute Gasteiger partial charge is 0.337 e. The van der Waals surface area contributed by atoms with E-state index in [1.165, 1.54) is 7.11 Å². The summed E-state index contributed by atoms with van der Waals surface area (Å²) in [6.45, 7) is 0.521. The van der Waals surface area contributed by atoms with Crippen LogP contribution >= 0.6 is 15.9 Å². The van der Waals surface area contributed by atoms with E-state index in [4.69, 9.17) is 4.74 Å². The lowest BCUT2D eigenvalue weighted by molar-refractivity contribution is 0.0600. The summed E-state index contributed by atoms with van der Waals surface area (Å²) < 4.78 is 11.2. The van der Waals surface area contributed by atoms with Gasteiger partial charge < -0.3 is 9.47 Å². The summed E-state index contributed by atoms with van der Waals surface area (Å²) in [6, 6.07) is 10.7. The summed E-state index contributed by atoms with van der Waals surface area (Å²) in [5.41, 5.74) is 1.46. The second-order valence-electron chi connectivity index (χ2n) is 4.05.